The van der Waals surface area contributed by atoms with Crippen molar-refractivity contribution >= 4 is 5.91 Å². The Hall–Kier alpha value is -2.09. The number of hydrogen-bond donors (Lipinski definition) is 1. The highest BCUT2D eigenvalue weighted by Gasteiger charge is 2.13. The second-order valence-corrected chi connectivity index (χ2v) is 6.01. The van der Waals surface area contributed by atoms with Gasteiger partial charge in [-0.1, -0.05) is 67.6 Å². The van der Waals surface area contributed by atoms with E-state index in [4.69, 9.17) is 0 Å². The first-order valence-corrected chi connectivity index (χ1v) is 8.03. The number of benzene rings is 2. The van der Waals surface area contributed by atoms with Crippen LogP contribution in [0, 0.1) is 0 Å². The summed E-state index contributed by atoms with van der Waals surface area (Å²) in [5.74, 6) is 0.388. The number of rotatable bonds is 7. The van der Waals surface area contributed by atoms with Crippen molar-refractivity contribution < 1.29 is 4.79 Å². The second kappa shape index (κ2) is 8.38. The minimum absolute atomic E-state index is 0.136. The molecule has 0 unspecified atom stereocenters. The van der Waals surface area contributed by atoms with E-state index < -0.39 is 0 Å². The van der Waals surface area contributed by atoms with Gasteiger partial charge in [-0.25, -0.2) is 0 Å². The van der Waals surface area contributed by atoms with Gasteiger partial charge in [-0.2, -0.15) is 0 Å². The van der Waals surface area contributed by atoms with Gasteiger partial charge in [-0.3, -0.25) is 4.79 Å². The van der Waals surface area contributed by atoms with Crippen LogP contribution >= 0.6 is 0 Å². The first-order valence-electron chi connectivity index (χ1n) is 8.03. The van der Waals surface area contributed by atoms with Gasteiger partial charge in [0.1, 0.15) is 0 Å². The lowest BCUT2D eigenvalue weighted by molar-refractivity contribution is -0.122. The zero-order chi connectivity index (χ0) is 15.8. The van der Waals surface area contributed by atoms with E-state index in [1.807, 2.05) is 24.3 Å². The molecule has 2 atom stereocenters. The summed E-state index contributed by atoms with van der Waals surface area (Å²) in [4.78, 5) is 12.1. The van der Waals surface area contributed by atoms with Gasteiger partial charge in [0.25, 0.3) is 0 Å². The molecule has 1 N–H and O–H groups in total. The minimum atomic E-state index is 0.136. The van der Waals surface area contributed by atoms with Crippen LogP contribution < -0.4 is 5.32 Å². The average Bonchev–Trinajstić information content (AvgIpc) is 2.54. The summed E-state index contributed by atoms with van der Waals surface area (Å²) in [5, 5.41) is 3.11. The van der Waals surface area contributed by atoms with Gasteiger partial charge in [0.2, 0.25) is 5.91 Å². The van der Waals surface area contributed by atoms with E-state index in [-0.39, 0.29) is 17.9 Å². The third-order valence-corrected chi connectivity index (χ3v) is 3.98. The quantitative estimate of drug-likeness (QED) is 0.810. The van der Waals surface area contributed by atoms with Crippen molar-refractivity contribution in [2.45, 2.75) is 45.1 Å². The maximum absolute atomic E-state index is 12.1. The summed E-state index contributed by atoms with van der Waals surface area (Å²) in [6.45, 7) is 4.18. The van der Waals surface area contributed by atoms with E-state index in [1.165, 1.54) is 11.1 Å². The first-order chi connectivity index (χ1) is 10.6. The van der Waals surface area contributed by atoms with Crippen LogP contribution in [0.1, 0.15) is 43.7 Å². The van der Waals surface area contributed by atoms with Gasteiger partial charge in [0, 0.05) is 12.5 Å². The van der Waals surface area contributed by atoms with E-state index in [2.05, 4.69) is 55.6 Å². The topological polar surface area (TPSA) is 29.1 Å². The molecule has 2 aromatic rings. The Labute approximate surface area is 133 Å². The molecular weight excluding hydrogens is 270 g/mol. The van der Waals surface area contributed by atoms with Gasteiger partial charge in [0.05, 0.1) is 0 Å². The van der Waals surface area contributed by atoms with Crippen LogP contribution in [0.5, 0.6) is 0 Å². The number of carbonyl (C=O) groups excluding carboxylic acids is 1. The van der Waals surface area contributed by atoms with E-state index >= 15 is 0 Å². The van der Waals surface area contributed by atoms with Gasteiger partial charge in [-0.15, -0.1) is 0 Å². The molecule has 0 aliphatic heterocycles. The Morgan fingerprint density at radius 3 is 2.18 bits per heavy atom. The highest BCUT2D eigenvalue weighted by atomic mass is 16.1. The molecule has 0 aromatic heterocycles. The fourth-order valence-electron chi connectivity index (χ4n) is 2.61. The van der Waals surface area contributed by atoms with E-state index in [0.29, 0.717) is 6.42 Å². The molecule has 0 spiro atoms. The number of nitrogens with one attached hydrogen (secondary N) is 1. The zero-order valence-electron chi connectivity index (χ0n) is 13.5. The van der Waals surface area contributed by atoms with Gasteiger partial charge in [-0.05, 0) is 36.8 Å². The monoisotopic (exact) mass is 295 g/mol. The summed E-state index contributed by atoms with van der Waals surface area (Å²) in [6, 6.07) is 20.8. The van der Waals surface area contributed by atoms with Crippen molar-refractivity contribution in [3.8, 4) is 0 Å². The van der Waals surface area contributed by atoms with Crippen LogP contribution in [0.4, 0.5) is 0 Å². The van der Waals surface area contributed by atoms with Crippen LogP contribution in [0.15, 0.2) is 60.7 Å². The molecule has 0 radical (unpaired) electrons. The molecule has 0 aliphatic carbocycles. The van der Waals surface area contributed by atoms with Crippen LogP contribution in [-0.4, -0.2) is 11.9 Å². The smallest absolute Gasteiger partial charge is 0.220 e. The maximum Gasteiger partial charge on any atom is 0.220 e. The molecular formula is C20H25NO. The largest absolute Gasteiger partial charge is 0.354 e. The first kappa shape index (κ1) is 16.3. The van der Waals surface area contributed by atoms with Crippen molar-refractivity contribution in [3.63, 3.8) is 0 Å². The molecule has 0 saturated heterocycles. The zero-order valence-corrected chi connectivity index (χ0v) is 13.5. The molecule has 116 valence electrons. The van der Waals surface area contributed by atoms with Crippen molar-refractivity contribution in [1.29, 1.82) is 0 Å². The van der Waals surface area contributed by atoms with Crippen molar-refractivity contribution in [2.24, 2.45) is 0 Å². The Kier molecular flexibility index (Phi) is 6.20. The average molecular weight is 295 g/mol. The fraction of sp³-hybridized carbons (Fsp3) is 0.350. The summed E-state index contributed by atoms with van der Waals surface area (Å²) in [5.41, 5.74) is 2.54. The van der Waals surface area contributed by atoms with Gasteiger partial charge >= 0.3 is 0 Å². The van der Waals surface area contributed by atoms with Crippen molar-refractivity contribution in [3.05, 3.63) is 71.8 Å². The van der Waals surface area contributed by atoms with Crippen molar-refractivity contribution in [2.75, 3.05) is 0 Å². The normalized spacial score (nSPS) is 13.4. The van der Waals surface area contributed by atoms with E-state index in [9.17, 15) is 4.79 Å². The molecule has 0 fully saturated rings. The van der Waals surface area contributed by atoms with E-state index in [0.717, 1.165) is 12.8 Å². The predicted molar refractivity (Wildman–Crippen MR) is 91.8 cm³/mol. The van der Waals surface area contributed by atoms with Crippen LogP contribution in [0.2, 0.25) is 0 Å². The Morgan fingerprint density at radius 2 is 1.55 bits per heavy atom. The SMILES string of the molecule is C[C@@H](CCc1ccccc1)NC(=O)C[C@H](C)c1ccccc1. The molecule has 0 saturated carbocycles. The summed E-state index contributed by atoms with van der Waals surface area (Å²) in [7, 11) is 0. The highest BCUT2D eigenvalue weighted by Crippen LogP contribution is 2.18. The van der Waals surface area contributed by atoms with Crippen LogP contribution in [0.3, 0.4) is 0 Å². The minimum Gasteiger partial charge on any atom is -0.354 e. The van der Waals surface area contributed by atoms with Gasteiger partial charge in [0.15, 0.2) is 0 Å². The van der Waals surface area contributed by atoms with E-state index in [1.54, 1.807) is 0 Å². The van der Waals surface area contributed by atoms with Crippen LogP contribution in [0.25, 0.3) is 0 Å². The molecule has 0 bridgehead atoms. The molecule has 2 rings (SSSR count). The standard InChI is InChI=1S/C20H25NO/c1-16(19-11-7-4-8-12-19)15-20(22)21-17(2)13-14-18-9-5-3-6-10-18/h3-12,16-17H,13-15H2,1-2H3,(H,21,22)/t16-,17-/m0/s1. The van der Waals surface area contributed by atoms with Crippen LogP contribution in [-0.2, 0) is 11.2 Å². The molecule has 0 heterocycles. The molecule has 2 nitrogen and oxygen atoms in total. The lowest BCUT2D eigenvalue weighted by atomic mass is 9.97. The molecule has 0 aliphatic rings. The molecule has 2 aromatic carbocycles. The molecule has 1 amide bonds. The second-order valence-electron chi connectivity index (χ2n) is 6.01. The van der Waals surface area contributed by atoms with Crippen molar-refractivity contribution in [1.82, 2.24) is 5.32 Å². The molecule has 2 heteroatoms. The number of carbonyl (C=O) groups is 1. The Morgan fingerprint density at radius 1 is 0.955 bits per heavy atom. The molecule has 22 heavy (non-hydrogen) atoms. The number of hydrogen-bond acceptors (Lipinski definition) is 1. The third kappa shape index (κ3) is 5.36. The summed E-state index contributed by atoms with van der Waals surface area (Å²) < 4.78 is 0. The lowest BCUT2D eigenvalue weighted by Gasteiger charge is -2.16. The Balaban J connectivity index is 1.74. The highest BCUT2D eigenvalue weighted by molar-refractivity contribution is 5.77. The Bertz CT molecular complexity index is 565. The number of amides is 1. The summed E-state index contributed by atoms with van der Waals surface area (Å²) >= 11 is 0. The lowest BCUT2D eigenvalue weighted by Crippen LogP contribution is -2.33. The number of aryl methyl sites for hydroxylation is 1. The predicted octanol–water partition coefficient (Wildman–Crippen LogP) is 4.32. The summed E-state index contributed by atoms with van der Waals surface area (Å²) in [6.07, 6.45) is 2.51. The third-order valence-electron chi connectivity index (χ3n) is 3.98. The maximum atomic E-state index is 12.1. The fourth-order valence-corrected chi connectivity index (χ4v) is 2.61. The van der Waals surface area contributed by atoms with Gasteiger partial charge < -0.3 is 5.32 Å².